The van der Waals surface area contributed by atoms with E-state index >= 15 is 0 Å². The summed E-state index contributed by atoms with van der Waals surface area (Å²) in [4.78, 5) is 21.4. The van der Waals surface area contributed by atoms with Crippen molar-refractivity contribution in [2.45, 2.75) is 25.9 Å². The Morgan fingerprint density at radius 1 is 1.54 bits per heavy atom. The van der Waals surface area contributed by atoms with E-state index in [0.29, 0.717) is 0 Å². The van der Waals surface area contributed by atoms with E-state index in [4.69, 9.17) is 11.5 Å². The first-order chi connectivity index (χ1) is 5.87. The number of nitrogens with two attached hydrogens (primary N) is 2. The molecule has 13 heavy (non-hydrogen) atoms. The van der Waals surface area contributed by atoms with E-state index in [9.17, 15) is 9.59 Å². The molecule has 6 heteroatoms. The highest BCUT2D eigenvalue weighted by atomic mass is 16.5. The maximum Gasteiger partial charge on any atom is 0.313 e. The average Bonchev–Trinajstić information content (AvgIpc) is 1.81. The van der Waals surface area contributed by atoms with Crippen molar-refractivity contribution in [3.63, 3.8) is 0 Å². The fraction of sp³-hybridized carbons (Fsp3) is 0.714. The largest absolute Gasteiger partial charge is 0.466 e. The number of urea groups is 1. The zero-order valence-corrected chi connectivity index (χ0v) is 7.79. The molecule has 0 aromatic heterocycles. The highest BCUT2D eigenvalue weighted by Gasteiger charge is 2.24. The molecule has 0 aliphatic heterocycles. The van der Waals surface area contributed by atoms with Gasteiger partial charge < -0.3 is 21.5 Å². The van der Waals surface area contributed by atoms with Gasteiger partial charge in [-0.15, -0.1) is 0 Å². The summed E-state index contributed by atoms with van der Waals surface area (Å²) in [6.45, 7) is 3.45. The maximum absolute atomic E-state index is 10.9. The second kappa shape index (κ2) is 4.66. The van der Waals surface area contributed by atoms with Crippen LogP contribution < -0.4 is 16.8 Å². The molecule has 2 amide bonds. The lowest BCUT2D eigenvalue weighted by Crippen LogP contribution is -2.56. The van der Waals surface area contributed by atoms with Gasteiger partial charge >= 0.3 is 12.0 Å². The van der Waals surface area contributed by atoms with Gasteiger partial charge in [0, 0.05) is 0 Å². The number of amides is 2. The van der Waals surface area contributed by atoms with Crippen molar-refractivity contribution in [3.8, 4) is 0 Å². The van der Waals surface area contributed by atoms with Gasteiger partial charge in [0.25, 0.3) is 0 Å². The molecule has 0 fully saturated rings. The van der Waals surface area contributed by atoms with E-state index in [1.807, 2.05) is 0 Å². The first kappa shape index (κ1) is 11.7. The first-order valence-corrected chi connectivity index (χ1v) is 3.89. The van der Waals surface area contributed by atoms with Gasteiger partial charge in [0.15, 0.2) is 0 Å². The Morgan fingerprint density at radius 3 is 2.46 bits per heavy atom. The maximum atomic E-state index is 10.9. The summed E-state index contributed by atoms with van der Waals surface area (Å²) >= 11 is 0. The molecule has 0 rings (SSSR count). The lowest BCUT2D eigenvalue weighted by atomic mass is 10.1. The van der Waals surface area contributed by atoms with E-state index in [-0.39, 0.29) is 13.0 Å². The second-order valence-corrected chi connectivity index (χ2v) is 2.89. The van der Waals surface area contributed by atoms with Crippen molar-refractivity contribution < 1.29 is 14.3 Å². The van der Waals surface area contributed by atoms with E-state index < -0.39 is 17.7 Å². The van der Waals surface area contributed by atoms with Crippen LogP contribution in [0.5, 0.6) is 0 Å². The Morgan fingerprint density at radius 2 is 2.08 bits per heavy atom. The summed E-state index contributed by atoms with van der Waals surface area (Å²) in [7, 11) is 0. The topological polar surface area (TPSA) is 107 Å². The number of hydrogen-bond acceptors (Lipinski definition) is 4. The Hall–Kier alpha value is -1.30. The summed E-state index contributed by atoms with van der Waals surface area (Å²) in [5.74, 6) is -0.471. The van der Waals surface area contributed by atoms with Crippen molar-refractivity contribution >= 4 is 12.0 Å². The molecule has 0 radical (unpaired) electrons. The molecule has 0 saturated heterocycles. The third-order valence-electron chi connectivity index (χ3n) is 1.23. The molecular weight excluding hydrogens is 174 g/mol. The average molecular weight is 189 g/mol. The molecule has 0 spiro atoms. The minimum absolute atomic E-state index is 0.107. The van der Waals surface area contributed by atoms with Gasteiger partial charge in [0.2, 0.25) is 0 Å². The van der Waals surface area contributed by atoms with Crippen LogP contribution in [-0.2, 0) is 9.53 Å². The predicted molar refractivity (Wildman–Crippen MR) is 46.6 cm³/mol. The van der Waals surface area contributed by atoms with Gasteiger partial charge in [0.05, 0.1) is 18.7 Å². The van der Waals surface area contributed by atoms with Crippen molar-refractivity contribution in [3.05, 3.63) is 0 Å². The van der Waals surface area contributed by atoms with Crippen LogP contribution in [0.4, 0.5) is 4.79 Å². The van der Waals surface area contributed by atoms with Crippen LogP contribution in [0.2, 0.25) is 0 Å². The predicted octanol–water partition coefficient (Wildman–Crippen LogP) is -0.717. The van der Waals surface area contributed by atoms with Crippen LogP contribution in [0.25, 0.3) is 0 Å². The van der Waals surface area contributed by atoms with Gasteiger partial charge in [-0.25, -0.2) is 4.79 Å². The summed E-state index contributed by atoms with van der Waals surface area (Å²) in [6, 6.07) is -0.769. The minimum atomic E-state index is -1.15. The lowest BCUT2D eigenvalue weighted by molar-refractivity contribution is -0.144. The number of hydrogen-bond donors (Lipinski definition) is 3. The van der Waals surface area contributed by atoms with Gasteiger partial charge in [0.1, 0.15) is 0 Å². The Kier molecular flexibility index (Phi) is 4.19. The third-order valence-corrected chi connectivity index (χ3v) is 1.23. The molecular formula is C7H15N3O3. The summed E-state index contributed by atoms with van der Waals surface area (Å²) in [5, 5.41) is 2.22. The Labute approximate surface area is 76.6 Å². The van der Waals surface area contributed by atoms with E-state index in [2.05, 4.69) is 10.1 Å². The van der Waals surface area contributed by atoms with Crippen LogP contribution in [0.3, 0.4) is 0 Å². The molecule has 76 valence electrons. The Bertz CT molecular complexity index is 203. The third kappa shape index (κ3) is 5.92. The molecule has 0 aromatic carbocycles. The van der Waals surface area contributed by atoms with Crippen molar-refractivity contribution in [2.24, 2.45) is 11.5 Å². The smallest absolute Gasteiger partial charge is 0.313 e. The monoisotopic (exact) mass is 189 g/mol. The fourth-order valence-electron chi connectivity index (χ4n) is 0.837. The SMILES string of the molecule is CCOC(=O)C[C@](C)(N)NC(N)=O. The van der Waals surface area contributed by atoms with E-state index in [0.717, 1.165) is 0 Å². The number of ether oxygens (including phenoxy) is 1. The first-order valence-electron chi connectivity index (χ1n) is 3.89. The van der Waals surface area contributed by atoms with E-state index in [1.165, 1.54) is 6.92 Å². The number of esters is 1. The Balaban J connectivity index is 4.00. The molecule has 0 unspecified atom stereocenters. The summed E-state index contributed by atoms with van der Waals surface area (Å²) in [5.41, 5.74) is 9.23. The lowest BCUT2D eigenvalue weighted by Gasteiger charge is -2.23. The summed E-state index contributed by atoms with van der Waals surface area (Å²) in [6.07, 6.45) is -0.107. The number of carbonyl (C=O) groups is 2. The van der Waals surface area contributed by atoms with Crippen LogP contribution in [-0.4, -0.2) is 24.3 Å². The minimum Gasteiger partial charge on any atom is -0.466 e. The van der Waals surface area contributed by atoms with Crippen LogP contribution in [0.1, 0.15) is 20.3 Å². The number of primary amides is 1. The molecule has 0 heterocycles. The number of nitrogens with one attached hydrogen (secondary N) is 1. The highest BCUT2D eigenvalue weighted by Crippen LogP contribution is 2.02. The molecule has 0 aliphatic rings. The van der Waals surface area contributed by atoms with Gasteiger partial charge in [-0.3, -0.25) is 4.79 Å². The van der Waals surface area contributed by atoms with Crippen molar-refractivity contribution in [1.29, 1.82) is 0 Å². The van der Waals surface area contributed by atoms with Gasteiger partial charge in [-0.05, 0) is 13.8 Å². The normalized spacial score (nSPS) is 14.4. The molecule has 5 N–H and O–H groups in total. The molecule has 0 aliphatic carbocycles. The van der Waals surface area contributed by atoms with Crippen molar-refractivity contribution in [1.82, 2.24) is 5.32 Å². The zero-order valence-electron chi connectivity index (χ0n) is 7.79. The molecule has 6 nitrogen and oxygen atoms in total. The number of carbonyl (C=O) groups excluding carboxylic acids is 2. The molecule has 0 aromatic rings. The van der Waals surface area contributed by atoms with Crippen molar-refractivity contribution in [2.75, 3.05) is 6.61 Å². The fourth-order valence-corrected chi connectivity index (χ4v) is 0.837. The van der Waals surface area contributed by atoms with Gasteiger partial charge in [-0.1, -0.05) is 0 Å². The van der Waals surface area contributed by atoms with Crippen LogP contribution in [0.15, 0.2) is 0 Å². The van der Waals surface area contributed by atoms with Gasteiger partial charge in [-0.2, -0.15) is 0 Å². The standard InChI is InChI=1S/C7H15N3O3/c1-3-13-5(11)4-7(2,9)10-6(8)12/h3-4,9H2,1-2H3,(H3,8,10,12)/t7-/m1/s1. The zero-order chi connectivity index (χ0) is 10.5. The van der Waals surface area contributed by atoms with E-state index in [1.54, 1.807) is 6.92 Å². The molecule has 0 bridgehead atoms. The quantitative estimate of drug-likeness (QED) is 0.400. The highest BCUT2D eigenvalue weighted by molar-refractivity contribution is 5.75. The summed E-state index contributed by atoms with van der Waals surface area (Å²) < 4.78 is 4.65. The molecule has 0 saturated carbocycles. The van der Waals surface area contributed by atoms with Crippen LogP contribution in [0, 0.1) is 0 Å². The number of rotatable bonds is 4. The second-order valence-electron chi connectivity index (χ2n) is 2.89. The van der Waals surface area contributed by atoms with Crippen LogP contribution >= 0.6 is 0 Å². The molecule has 1 atom stereocenters.